The molecular weight excluding hydrogens is 229 g/mol. The van der Waals surface area contributed by atoms with Gasteiger partial charge in [-0.05, 0) is 36.5 Å². The predicted octanol–water partition coefficient (Wildman–Crippen LogP) is 0.907. The van der Waals surface area contributed by atoms with Crippen LogP contribution in [0.25, 0.3) is 0 Å². The Balaban J connectivity index is 2.65. The minimum Gasteiger partial charge on any atom is -0.364 e. The molecule has 1 rings (SSSR count). The average molecular weight is 241 g/mol. The lowest BCUT2D eigenvalue weighted by molar-refractivity contribution is 0.0886. The van der Waals surface area contributed by atoms with Crippen molar-refractivity contribution in [3.63, 3.8) is 0 Å². The van der Waals surface area contributed by atoms with Gasteiger partial charge in [0.1, 0.15) is 5.82 Å². The van der Waals surface area contributed by atoms with Crippen LogP contribution in [-0.4, -0.2) is 30.1 Å². The molecular formula is C10H12FN3OS. The number of benzene rings is 1. The molecule has 0 fully saturated rings. The Morgan fingerprint density at radius 1 is 1.38 bits per heavy atom. The zero-order valence-corrected chi connectivity index (χ0v) is 9.77. The number of carbonyl (C=O) groups is 1. The van der Waals surface area contributed by atoms with Crippen LogP contribution in [0.4, 0.5) is 4.39 Å². The van der Waals surface area contributed by atoms with E-state index >= 15 is 0 Å². The summed E-state index contributed by atoms with van der Waals surface area (Å²) in [5.74, 6) is -0.726. The number of nitrogens with one attached hydrogen (secondary N) is 2. The Morgan fingerprint density at radius 2 is 1.94 bits per heavy atom. The molecule has 86 valence electrons. The van der Waals surface area contributed by atoms with Gasteiger partial charge in [-0.2, -0.15) is 0 Å². The molecule has 0 aliphatic heterocycles. The van der Waals surface area contributed by atoms with E-state index in [0.717, 1.165) is 0 Å². The third kappa shape index (κ3) is 3.16. The molecule has 0 radical (unpaired) electrons. The van der Waals surface area contributed by atoms with Gasteiger partial charge in [0.25, 0.3) is 5.91 Å². The lowest BCUT2D eigenvalue weighted by atomic mass is 10.2. The third-order valence-corrected chi connectivity index (χ3v) is 2.37. The summed E-state index contributed by atoms with van der Waals surface area (Å²) in [6.07, 6.45) is 0. The van der Waals surface area contributed by atoms with Gasteiger partial charge in [-0.25, -0.2) is 4.39 Å². The Hall–Kier alpha value is -1.69. The van der Waals surface area contributed by atoms with Gasteiger partial charge < -0.3 is 5.32 Å². The van der Waals surface area contributed by atoms with Crippen LogP contribution in [-0.2, 0) is 0 Å². The highest BCUT2D eigenvalue weighted by molar-refractivity contribution is 7.80. The number of hydrazine groups is 1. The van der Waals surface area contributed by atoms with Gasteiger partial charge in [0.05, 0.1) is 0 Å². The third-order valence-electron chi connectivity index (χ3n) is 1.89. The zero-order chi connectivity index (χ0) is 12.1. The maximum atomic E-state index is 12.6. The smallest absolute Gasteiger partial charge is 0.269 e. The number of hydrogen-bond donors (Lipinski definition) is 2. The van der Waals surface area contributed by atoms with E-state index in [1.807, 2.05) is 0 Å². The van der Waals surface area contributed by atoms with Crippen molar-refractivity contribution >= 4 is 23.2 Å². The number of rotatable bonds is 1. The second-order valence-electron chi connectivity index (χ2n) is 3.06. The first kappa shape index (κ1) is 12.4. The number of thiocarbonyl (C=S) groups is 1. The van der Waals surface area contributed by atoms with Crippen LogP contribution in [0, 0.1) is 5.82 Å². The standard InChI is InChI=1S/C10H12FN3OS/c1-12-10(16)14(2)13-9(15)7-3-5-8(11)6-4-7/h3-6H,1-2H3,(H,12,16)(H,13,15). The number of nitrogens with zero attached hydrogens (tertiary/aromatic N) is 1. The van der Waals surface area contributed by atoms with E-state index in [2.05, 4.69) is 10.7 Å². The summed E-state index contributed by atoms with van der Waals surface area (Å²) in [5.41, 5.74) is 2.90. The number of amides is 1. The van der Waals surface area contributed by atoms with Crippen molar-refractivity contribution in [3.8, 4) is 0 Å². The molecule has 0 aromatic heterocycles. The molecule has 0 heterocycles. The zero-order valence-electron chi connectivity index (χ0n) is 8.95. The molecule has 0 unspecified atom stereocenters. The molecule has 4 nitrogen and oxygen atoms in total. The topological polar surface area (TPSA) is 44.4 Å². The number of hydrogen-bond acceptors (Lipinski definition) is 2. The molecule has 6 heteroatoms. The minimum atomic E-state index is -0.379. The normalized spacial score (nSPS) is 9.44. The van der Waals surface area contributed by atoms with Crippen molar-refractivity contribution < 1.29 is 9.18 Å². The molecule has 0 saturated heterocycles. The summed E-state index contributed by atoms with van der Waals surface area (Å²) in [7, 11) is 3.27. The molecule has 1 amide bonds. The van der Waals surface area contributed by atoms with Gasteiger partial charge in [-0.3, -0.25) is 15.2 Å². The highest BCUT2D eigenvalue weighted by atomic mass is 32.1. The lowest BCUT2D eigenvalue weighted by Gasteiger charge is -2.20. The molecule has 0 spiro atoms. The fourth-order valence-corrected chi connectivity index (χ4v) is 1.08. The SMILES string of the molecule is CNC(=S)N(C)NC(=O)c1ccc(F)cc1. The van der Waals surface area contributed by atoms with E-state index in [-0.39, 0.29) is 11.7 Å². The molecule has 0 aliphatic carbocycles. The van der Waals surface area contributed by atoms with E-state index in [0.29, 0.717) is 10.7 Å². The average Bonchev–Trinajstić information content (AvgIpc) is 2.28. The molecule has 0 aliphatic rings. The minimum absolute atomic E-state index is 0.347. The van der Waals surface area contributed by atoms with Gasteiger partial charge >= 0.3 is 0 Å². The summed E-state index contributed by atoms with van der Waals surface area (Å²) in [5, 5.41) is 4.47. The summed E-state index contributed by atoms with van der Waals surface area (Å²) >= 11 is 4.91. The van der Waals surface area contributed by atoms with Crippen LogP contribution >= 0.6 is 12.2 Å². The molecule has 16 heavy (non-hydrogen) atoms. The largest absolute Gasteiger partial charge is 0.364 e. The molecule has 2 N–H and O–H groups in total. The van der Waals surface area contributed by atoms with Gasteiger partial charge in [0.2, 0.25) is 0 Å². The van der Waals surface area contributed by atoms with Crippen LogP contribution in [0.2, 0.25) is 0 Å². The molecule has 0 bridgehead atoms. The summed E-state index contributed by atoms with van der Waals surface area (Å²) in [6, 6.07) is 5.26. The maximum absolute atomic E-state index is 12.6. The van der Waals surface area contributed by atoms with E-state index in [9.17, 15) is 9.18 Å². The van der Waals surface area contributed by atoms with Crippen LogP contribution < -0.4 is 10.7 Å². The van der Waals surface area contributed by atoms with Crippen molar-refractivity contribution in [1.82, 2.24) is 15.8 Å². The molecule has 1 aromatic carbocycles. The first-order chi connectivity index (χ1) is 7.54. The fraction of sp³-hybridized carbons (Fsp3) is 0.200. The van der Waals surface area contributed by atoms with E-state index in [4.69, 9.17) is 12.2 Å². The van der Waals surface area contributed by atoms with Crippen LogP contribution in [0.5, 0.6) is 0 Å². The summed E-state index contributed by atoms with van der Waals surface area (Å²) < 4.78 is 12.6. The van der Waals surface area contributed by atoms with E-state index in [1.165, 1.54) is 29.3 Å². The van der Waals surface area contributed by atoms with Crippen LogP contribution in [0.1, 0.15) is 10.4 Å². The predicted molar refractivity (Wildman–Crippen MR) is 63.3 cm³/mol. The first-order valence-electron chi connectivity index (χ1n) is 4.56. The number of halogens is 1. The van der Waals surface area contributed by atoms with E-state index < -0.39 is 0 Å². The Kier molecular flexibility index (Phi) is 4.19. The second kappa shape index (κ2) is 5.41. The van der Waals surface area contributed by atoms with Crippen molar-refractivity contribution in [2.75, 3.05) is 14.1 Å². The quantitative estimate of drug-likeness (QED) is 0.566. The van der Waals surface area contributed by atoms with Gasteiger partial charge in [-0.15, -0.1) is 0 Å². The van der Waals surface area contributed by atoms with Crippen molar-refractivity contribution in [2.24, 2.45) is 0 Å². The summed E-state index contributed by atoms with van der Waals surface area (Å²) in [4.78, 5) is 11.6. The molecule has 1 aromatic rings. The fourth-order valence-electron chi connectivity index (χ4n) is 1.04. The Labute approximate surface area is 98.4 Å². The second-order valence-corrected chi connectivity index (χ2v) is 3.45. The highest BCUT2D eigenvalue weighted by Crippen LogP contribution is 2.02. The molecule has 0 atom stereocenters. The first-order valence-corrected chi connectivity index (χ1v) is 4.97. The summed E-state index contributed by atoms with van der Waals surface area (Å²) in [6.45, 7) is 0. The van der Waals surface area contributed by atoms with Crippen LogP contribution in [0.15, 0.2) is 24.3 Å². The van der Waals surface area contributed by atoms with Crippen molar-refractivity contribution in [2.45, 2.75) is 0 Å². The molecule has 0 saturated carbocycles. The number of carbonyl (C=O) groups excluding carboxylic acids is 1. The Bertz CT molecular complexity index is 394. The van der Waals surface area contributed by atoms with Crippen molar-refractivity contribution in [3.05, 3.63) is 35.6 Å². The van der Waals surface area contributed by atoms with Gasteiger partial charge in [-0.1, -0.05) is 0 Å². The maximum Gasteiger partial charge on any atom is 0.269 e. The van der Waals surface area contributed by atoms with Crippen LogP contribution in [0.3, 0.4) is 0 Å². The van der Waals surface area contributed by atoms with E-state index in [1.54, 1.807) is 14.1 Å². The lowest BCUT2D eigenvalue weighted by Crippen LogP contribution is -2.47. The monoisotopic (exact) mass is 241 g/mol. The van der Waals surface area contributed by atoms with Gasteiger partial charge in [0.15, 0.2) is 5.11 Å². The van der Waals surface area contributed by atoms with Crippen molar-refractivity contribution in [1.29, 1.82) is 0 Å². The van der Waals surface area contributed by atoms with Gasteiger partial charge in [0, 0.05) is 19.7 Å². The Morgan fingerprint density at radius 3 is 2.44 bits per heavy atom. The highest BCUT2D eigenvalue weighted by Gasteiger charge is 2.09.